The number of halogens is 1. The fraction of sp³-hybridized carbons (Fsp3) is 0.0833. The smallest absolute Gasteiger partial charge is 0.160 e. The van der Waals surface area contributed by atoms with Gasteiger partial charge in [0, 0.05) is 5.56 Å². The van der Waals surface area contributed by atoms with E-state index in [1.54, 1.807) is 7.11 Å². The Kier molecular flexibility index (Phi) is 3.41. The highest BCUT2D eigenvalue weighted by molar-refractivity contribution is 9.10. The molecule has 0 aliphatic heterocycles. The molecule has 2 rings (SSSR count). The molecule has 2 nitrogen and oxygen atoms in total. The molecule has 1 aromatic heterocycles. The lowest BCUT2D eigenvalue weighted by Crippen LogP contribution is -1.86. The van der Waals surface area contributed by atoms with Crippen LogP contribution in [0, 0.1) is 0 Å². The van der Waals surface area contributed by atoms with Gasteiger partial charge in [0.1, 0.15) is 5.75 Å². The van der Waals surface area contributed by atoms with Crippen LogP contribution in [0.5, 0.6) is 5.75 Å². The van der Waals surface area contributed by atoms with Crippen LogP contribution < -0.4 is 4.74 Å². The Balaban J connectivity index is 2.52. The van der Waals surface area contributed by atoms with Crippen LogP contribution in [0.2, 0.25) is 0 Å². The summed E-state index contributed by atoms with van der Waals surface area (Å²) in [7, 11) is 1.62. The van der Waals surface area contributed by atoms with Crippen molar-refractivity contribution in [3.8, 4) is 16.9 Å². The minimum atomic E-state index is 0.740. The van der Waals surface area contributed by atoms with Crippen LogP contribution in [-0.4, -0.2) is 13.4 Å². The molecule has 0 aliphatic carbocycles. The Morgan fingerprint density at radius 3 is 2.88 bits per heavy atom. The average Bonchev–Trinajstić information content (AvgIpc) is 2.78. The van der Waals surface area contributed by atoms with Crippen molar-refractivity contribution >= 4 is 33.6 Å². The molecule has 0 amide bonds. The lowest BCUT2D eigenvalue weighted by atomic mass is 10.1. The second-order valence-corrected chi connectivity index (χ2v) is 4.97. The van der Waals surface area contributed by atoms with Gasteiger partial charge < -0.3 is 4.74 Å². The van der Waals surface area contributed by atoms with E-state index in [1.165, 1.54) is 11.3 Å². The summed E-state index contributed by atoms with van der Waals surface area (Å²) >= 11 is 4.84. The first kappa shape index (κ1) is 11.4. The van der Waals surface area contributed by atoms with Crippen LogP contribution in [0.3, 0.4) is 0 Å². The molecule has 0 unspecified atom stereocenters. The number of hydrogen-bond donors (Lipinski definition) is 0. The van der Waals surface area contributed by atoms with Gasteiger partial charge in [0.2, 0.25) is 0 Å². The van der Waals surface area contributed by atoms with E-state index in [0.29, 0.717) is 0 Å². The van der Waals surface area contributed by atoms with Gasteiger partial charge in [0.05, 0.1) is 16.5 Å². The summed E-state index contributed by atoms with van der Waals surface area (Å²) in [6.07, 6.45) is 0.883. The van der Waals surface area contributed by atoms with Crippen molar-refractivity contribution in [2.45, 2.75) is 0 Å². The summed E-state index contributed by atoms with van der Waals surface area (Å²) in [5.74, 6) is 0.764. The van der Waals surface area contributed by atoms with E-state index in [9.17, 15) is 4.79 Å². The van der Waals surface area contributed by atoms with Gasteiger partial charge in [-0.1, -0.05) is 6.07 Å². The third-order valence-electron chi connectivity index (χ3n) is 2.26. The summed E-state index contributed by atoms with van der Waals surface area (Å²) in [5.41, 5.74) is 1.94. The zero-order valence-electron chi connectivity index (χ0n) is 8.57. The number of hydrogen-bond acceptors (Lipinski definition) is 3. The van der Waals surface area contributed by atoms with Crippen LogP contribution in [0.1, 0.15) is 9.67 Å². The SMILES string of the molecule is COc1cc(-c2ccsc2C=O)ccc1Br. The number of thiophene rings is 1. The first-order chi connectivity index (χ1) is 7.76. The molecule has 0 atom stereocenters. The van der Waals surface area contributed by atoms with Crippen LogP contribution in [0.15, 0.2) is 34.1 Å². The molecule has 0 bridgehead atoms. The number of carbonyl (C=O) groups excluding carboxylic acids is 1. The lowest BCUT2D eigenvalue weighted by molar-refractivity contribution is 0.112. The fourth-order valence-electron chi connectivity index (χ4n) is 1.48. The molecule has 82 valence electrons. The van der Waals surface area contributed by atoms with Crippen LogP contribution in [-0.2, 0) is 0 Å². The predicted octanol–water partition coefficient (Wildman–Crippen LogP) is 4.00. The molecule has 0 radical (unpaired) electrons. The van der Waals surface area contributed by atoms with Crippen molar-refractivity contribution in [2.75, 3.05) is 7.11 Å². The van der Waals surface area contributed by atoms with Crippen LogP contribution in [0.4, 0.5) is 0 Å². The molecule has 0 N–H and O–H groups in total. The topological polar surface area (TPSA) is 26.3 Å². The normalized spacial score (nSPS) is 10.1. The summed E-state index contributed by atoms with van der Waals surface area (Å²) in [5, 5.41) is 1.91. The number of rotatable bonds is 3. The van der Waals surface area contributed by atoms with E-state index < -0.39 is 0 Å². The summed E-state index contributed by atoms with van der Waals surface area (Å²) in [6.45, 7) is 0. The molecular formula is C12H9BrO2S. The van der Waals surface area contributed by atoms with Crippen molar-refractivity contribution in [3.63, 3.8) is 0 Å². The van der Waals surface area contributed by atoms with E-state index in [1.807, 2.05) is 29.6 Å². The van der Waals surface area contributed by atoms with Crippen molar-refractivity contribution in [1.82, 2.24) is 0 Å². The number of aldehydes is 1. The molecule has 0 saturated carbocycles. The minimum absolute atomic E-state index is 0.740. The van der Waals surface area contributed by atoms with E-state index in [2.05, 4.69) is 15.9 Å². The Morgan fingerprint density at radius 2 is 2.19 bits per heavy atom. The van der Waals surface area contributed by atoms with Gasteiger partial charge in [0.15, 0.2) is 6.29 Å². The van der Waals surface area contributed by atoms with Crippen LogP contribution >= 0.6 is 27.3 Å². The molecule has 0 fully saturated rings. The highest BCUT2D eigenvalue weighted by Gasteiger charge is 2.08. The molecule has 0 aliphatic rings. The van der Waals surface area contributed by atoms with Gasteiger partial charge in [-0.2, -0.15) is 0 Å². The standard InChI is InChI=1S/C12H9BrO2S/c1-15-11-6-8(2-3-10(11)13)9-4-5-16-12(9)7-14/h2-7H,1H3. The molecule has 4 heteroatoms. The first-order valence-corrected chi connectivity index (χ1v) is 6.30. The third kappa shape index (κ3) is 2.03. The fourth-order valence-corrected chi connectivity index (χ4v) is 2.61. The Hall–Kier alpha value is -1.13. The van der Waals surface area contributed by atoms with Gasteiger partial charge in [-0.25, -0.2) is 0 Å². The molecule has 1 aromatic carbocycles. The number of benzene rings is 1. The average molecular weight is 297 g/mol. The maximum absolute atomic E-state index is 10.9. The van der Waals surface area contributed by atoms with Gasteiger partial charge in [0.25, 0.3) is 0 Å². The Morgan fingerprint density at radius 1 is 1.38 bits per heavy atom. The van der Waals surface area contributed by atoms with Crippen molar-refractivity contribution in [1.29, 1.82) is 0 Å². The predicted molar refractivity (Wildman–Crippen MR) is 69.4 cm³/mol. The van der Waals surface area contributed by atoms with Gasteiger partial charge in [-0.15, -0.1) is 11.3 Å². The minimum Gasteiger partial charge on any atom is -0.496 e. The van der Waals surface area contributed by atoms with Gasteiger partial charge in [-0.3, -0.25) is 4.79 Å². The zero-order chi connectivity index (χ0) is 11.5. The highest BCUT2D eigenvalue weighted by atomic mass is 79.9. The van der Waals surface area contributed by atoms with E-state index in [4.69, 9.17) is 4.74 Å². The molecule has 2 aromatic rings. The molecule has 1 heterocycles. The molecule has 0 spiro atoms. The molecule has 0 saturated heterocycles. The quantitative estimate of drug-likeness (QED) is 0.800. The number of carbonyl (C=O) groups is 1. The number of ether oxygens (including phenoxy) is 1. The van der Waals surface area contributed by atoms with Crippen molar-refractivity contribution in [2.24, 2.45) is 0 Å². The van der Waals surface area contributed by atoms with E-state index >= 15 is 0 Å². The Bertz CT molecular complexity index is 519. The maximum atomic E-state index is 10.9. The molecular weight excluding hydrogens is 288 g/mol. The second kappa shape index (κ2) is 4.80. The zero-order valence-corrected chi connectivity index (χ0v) is 11.0. The second-order valence-electron chi connectivity index (χ2n) is 3.17. The summed E-state index contributed by atoms with van der Waals surface area (Å²) in [6, 6.07) is 7.73. The van der Waals surface area contributed by atoms with Gasteiger partial charge in [-0.05, 0) is 45.1 Å². The van der Waals surface area contributed by atoms with Crippen LogP contribution in [0.25, 0.3) is 11.1 Å². The van der Waals surface area contributed by atoms with Crippen molar-refractivity contribution < 1.29 is 9.53 Å². The van der Waals surface area contributed by atoms with Gasteiger partial charge >= 0.3 is 0 Å². The maximum Gasteiger partial charge on any atom is 0.160 e. The van der Waals surface area contributed by atoms with Crippen molar-refractivity contribution in [3.05, 3.63) is 39.0 Å². The Labute approximate surface area is 106 Å². The number of methoxy groups -OCH3 is 1. The lowest BCUT2D eigenvalue weighted by Gasteiger charge is -2.06. The van der Waals surface area contributed by atoms with E-state index in [0.717, 1.165) is 32.5 Å². The largest absolute Gasteiger partial charge is 0.496 e. The highest BCUT2D eigenvalue weighted by Crippen LogP contribution is 2.33. The van der Waals surface area contributed by atoms with E-state index in [-0.39, 0.29) is 0 Å². The first-order valence-electron chi connectivity index (χ1n) is 4.63. The third-order valence-corrected chi connectivity index (χ3v) is 3.76. The molecule has 16 heavy (non-hydrogen) atoms. The monoisotopic (exact) mass is 296 g/mol. The summed E-state index contributed by atoms with van der Waals surface area (Å²) in [4.78, 5) is 11.6. The summed E-state index contributed by atoms with van der Waals surface area (Å²) < 4.78 is 6.13.